The molecule has 1 amide bonds. The Bertz CT molecular complexity index is 1150. The lowest BCUT2D eigenvalue weighted by atomic mass is 10.1. The fraction of sp³-hybridized carbons (Fsp3) is 0.381. The van der Waals surface area contributed by atoms with E-state index in [-0.39, 0.29) is 4.90 Å². The van der Waals surface area contributed by atoms with Gasteiger partial charge in [-0.1, -0.05) is 6.07 Å². The lowest BCUT2D eigenvalue weighted by molar-refractivity contribution is -0.114. The van der Waals surface area contributed by atoms with Crippen LogP contribution in [0, 0.1) is 13.8 Å². The number of benzene rings is 2. The van der Waals surface area contributed by atoms with Crippen LogP contribution in [0.2, 0.25) is 0 Å². The number of sulfonamides is 2. The Morgan fingerprint density at radius 1 is 0.968 bits per heavy atom. The van der Waals surface area contributed by atoms with Gasteiger partial charge in [0.1, 0.15) is 6.54 Å². The number of rotatable bonds is 7. The van der Waals surface area contributed by atoms with E-state index in [1.165, 1.54) is 28.6 Å². The molecule has 0 saturated carbocycles. The lowest BCUT2D eigenvalue weighted by Crippen LogP contribution is -2.37. The van der Waals surface area contributed by atoms with E-state index in [1.54, 1.807) is 12.1 Å². The largest absolute Gasteiger partial charge is 0.325 e. The molecule has 1 aliphatic rings. The number of carbonyl (C=O) groups is 1. The van der Waals surface area contributed by atoms with E-state index in [9.17, 15) is 21.6 Å². The summed E-state index contributed by atoms with van der Waals surface area (Å²) in [5, 5.41) is 2.64. The van der Waals surface area contributed by atoms with Gasteiger partial charge in [0.15, 0.2) is 0 Å². The highest BCUT2D eigenvalue weighted by Gasteiger charge is 2.27. The smallest absolute Gasteiger partial charge is 0.245 e. The Labute approximate surface area is 184 Å². The zero-order valence-electron chi connectivity index (χ0n) is 17.8. The Morgan fingerprint density at radius 3 is 2.03 bits per heavy atom. The average molecular weight is 466 g/mol. The molecule has 31 heavy (non-hydrogen) atoms. The summed E-state index contributed by atoms with van der Waals surface area (Å²) in [5.74, 6) is -0.528. The normalized spacial score (nSPS) is 15.1. The zero-order chi connectivity index (χ0) is 22.8. The van der Waals surface area contributed by atoms with Gasteiger partial charge < -0.3 is 5.32 Å². The number of anilines is 2. The molecular weight excluding hydrogens is 438 g/mol. The molecule has 2 aromatic rings. The molecule has 0 spiro atoms. The molecule has 1 fully saturated rings. The Morgan fingerprint density at radius 2 is 1.52 bits per heavy atom. The van der Waals surface area contributed by atoms with Gasteiger partial charge in [-0.3, -0.25) is 9.10 Å². The van der Waals surface area contributed by atoms with Gasteiger partial charge in [-0.2, -0.15) is 4.31 Å². The zero-order valence-corrected chi connectivity index (χ0v) is 19.5. The number of aryl methyl sites for hydroxylation is 2. The molecule has 1 aliphatic heterocycles. The van der Waals surface area contributed by atoms with E-state index in [4.69, 9.17) is 0 Å². The van der Waals surface area contributed by atoms with E-state index < -0.39 is 32.5 Å². The van der Waals surface area contributed by atoms with Crippen molar-refractivity contribution in [3.05, 3.63) is 53.6 Å². The summed E-state index contributed by atoms with van der Waals surface area (Å²) < 4.78 is 52.3. The van der Waals surface area contributed by atoms with Gasteiger partial charge in [-0.05, 0) is 74.2 Å². The molecule has 10 heteroatoms. The highest BCUT2D eigenvalue weighted by Crippen LogP contribution is 2.23. The molecule has 0 atom stereocenters. The maximum absolute atomic E-state index is 12.6. The van der Waals surface area contributed by atoms with Gasteiger partial charge in [-0.15, -0.1) is 0 Å². The van der Waals surface area contributed by atoms with Crippen LogP contribution in [0.25, 0.3) is 0 Å². The number of amides is 1. The van der Waals surface area contributed by atoms with Crippen LogP contribution in [0.5, 0.6) is 0 Å². The first-order chi connectivity index (χ1) is 14.5. The quantitative estimate of drug-likeness (QED) is 0.677. The van der Waals surface area contributed by atoms with Crippen LogP contribution in [-0.2, 0) is 24.8 Å². The van der Waals surface area contributed by atoms with Crippen LogP contribution < -0.4 is 9.62 Å². The summed E-state index contributed by atoms with van der Waals surface area (Å²) >= 11 is 0. The van der Waals surface area contributed by atoms with E-state index in [0.29, 0.717) is 24.5 Å². The van der Waals surface area contributed by atoms with Crippen molar-refractivity contribution in [2.75, 3.05) is 35.5 Å². The predicted octanol–water partition coefficient (Wildman–Crippen LogP) is 2.49. The highest BCUT2D eigenvalue weighted by atomic mass is 32.2. The minimum Gasteiger partial charge on any atom is -0.325 e. The van der Waals surface area contributed by atoms with Crippen molar-refractivity contribution >= 4 is 37.3 Å². The Kier molecular flexibility index (Phi) is 6.73. The summed E-state index contributed by atoms with van der Waals surface area (Å²) in [4.78, 5) is 12.7. The first-order valence-electron chi connectivity index (χ1n) is 9.93. The topological polar surface area (TPSA) is 104 Å². The van der Waals surface area contributed by atoms with Crippen molar-refractivity contribution in [3.8, 4) is 0 Å². The molecule has 0 aliphatic carbocycles. The van der Waals surface area contributed by atoms with Gasteiger partial charge in [-0.25, -0.2) is 16.8 Å². The number of hydrogen-bond acceptors (Lipinski definition) is 5. The summed E-state index contributed by atoms with van der Waals surface area (Å²) in [6, 6.07) is 11.2. The average Bonchev–Trinajstić information content (AvgIpc) is 3.20. The second-order valence-electron chi connectivity index (χ2n) is 7.80. The molecule has 0 bridgehead atoms. The minimum atomic E-state index is -3.69. The SMILES string of the molecule is Cc1cc(C)cc(N(CC(=O)Nc2ccc(S(=O)(=O)N3CCCC3)cc2)S(C)(=O)=O)c1. The van der Waals surface area contributed by atoms with E-state index in [2.05, 4.69) is 5.32 Å². The van der Waals surface area contributed by atoms with Crippen molar-refractivity contribution in [2.24, 2.45) is 0 Å². The minimum absolute atomic E-state index is 0.167. The first kappa shape index (κ1) is 23.2. The molecule has 168 valence electrons. The van der Waals surface area contributed by atoms with Gasteiger partial charge >= 0.3 is 0 Å². The molecule has 8 nitrogen and oxygen atoms in total. The molecule has 0 radical (unpaired) electrons. The summed E-state index contributed by atoms with van der Waals surface area (Å²) in [7, 11) is -7.22. The van der Waals surface area contributed by atoms with Crippen molar-refractivity contribution < 1.29 is 21.6 Å². The van der Waals surface area contributed by atoms with E-state index in [0.717, 1.165) is 34.5 Å². The van der Waals surface area contributed by atoms with Crippen LogP contribution in [0.15, 0.2) is 47.4 Å². The van der Waals surface area contributed by atoms with Crippen molar-refractivity contribution in [2.45, 2.75) is 31.6 Å². The first-order valence-corrected chi connectivity index (χ1v) is 13.2. The Balaban J connectivity index is 1.74. The van der Waals surface area contributed by atoms with Gasteiger partial charge in [0.05, 0.1) is 16.8 Å². The second kappa shape index (κ2) is 8.97. The maximum atomic E-state index is 12.6. The highest BCUT2D eigenvalue weighted by molar-refractivity contribution is 7.92. The van der Waals surface area contributed by atoms with Crippen LogP contribution >= 0.6 is 0 Å². The van der Waals surface area contributed by atoms with Crippen LogP contribution in [0.4, 0.5) is 11.4 Å². The molecular formula is C21H27N3O5S2. The van der Waals surface area contributed by atoms with Gasteiger partial charge in [0.2, 0.25) is 26.0 Å². The number of nitrogens with zero attached hydrogens (tertiary/aromatic N) is 2. The molecule has 1 N–H and O–H groups in total. The van der Waals surface area contributed by atoms with Gasteiger partial charge in [0.25, 0.3) is 0 Å². The van der Waals surface area contributed by atoms with Crippen molar-refractivity contribution in [1.29, 1.82) is 0 Å². The predicted molar refractivity (Wildman–Crippen MR) is 121 cm³/mol. The van der Waals surface area contributed by atoms with Gasteiger partial charge in [0, 0.05) is 18.8 Å². The summed E-state index contributed by atoms with van der Waals surface area (Å²) in [5.41, 5.74) is 2.58. The third-order valence-corrected chi connectivity index (χ3v) is 8.08. The monoisotopic (exact) mass is 465 g/mol. The van der Waals surface area contributed by atoms with Crippen LogP contribution in [0.3, 0.4) is 0 Å². The summed E-state index contributed by atoms with van der Waals surface area (Å²) in [6.07, 6.45) is 2.76. The standard InChI is InChI=1S/C21H27N3O5S2/c1-16-12-17(2)14-19(13-16)24(30(3,26)27)15-21(25)22-18-6-8-20(9-7-18)31(28,29)23-10-4-5-11-23/h6-9,12-14H,4-5,10-11,15H2,1-3H3,(H,22,25). The molecule has 3 rings (SSSR count). The molecule has 1 heterocycles. The number of nitrogens with one attached hydrogen (secondary N) is 1. The number of carbonyl (C=O) groups excluding carboxylic acids is 1. The molecule has 2 aromatic carbocycles. The molecule has 1 saturated heterocycles. The molecule has 0 aromatic heterocycles. The fourth-order valence-electron chi connectivity index (χ4n) is 3.61. The Hall–Kier alpha value is -2.43. The van der Waals surface area contributed by atoms with Crippen LogP contribution in [-0.4, -0.2) is 52.9 Å². The van der Waals surface area contributed by atoms with E-state index >= 15 is 0 Å². The summed E-state index contributed by atoms with van der Waals surface area (Å²) in [6.45, 7) is 4.35. The lowest BCUT2D eigenvalue weighted by Gasteiger charge is -2.23. The van der Waals surface area contributed by atoms with Crippen LogP contribution in [0.1, 0.15) is 24.0 Å². The van der Waals surface area contributed by atoms with E-state index in [1.807, 2.05) is 19.9 Å². The third kappa shape index (κ3) is 5.63. The van der Waals surface area contributed by atoms with Crippen molar-refractivity contribution in [1.82, 2.24) is 4.31 Å². The molecule has 0 unspecified atom stereocenters. The number of hydrogen-bond donors (Lipinski definition) is 1. The third-order valence-electron chi connectivity index (χ3n) is 5.02. The maximum Gasteiger partial charge on any atom is 0.245 e. The van der Waals surface area contributed by atoms with Crippen molar-refractivity contribution in [3.63, 3.8) is 0 Å². The fourth-order valence-corrected chi connectivity index (χ4v) is 5.97. The second-order valence-corrected chi connectivity index (χ2v) is 11.6.